The Morgan fingerprint density at radius 2 is 1.94 bits per heavy atom. The number of halogens is 1. The van der Waals surface area contributed by atoms with Crippen molar-refractivity contribution < 1.29 is 24.2 Å². The zero-order valence-corrected chi connectivity index (χ0v) is 21.3. The van der Waals surface area contributed by atoms with Crippen LogP contribution in [0.15, 0.2) is 18.3 Å². The largest absolute Gasteiger partial charge is 0.478 e. The second-order valence-electron chi connectivity index (χ2n) is 10.3. The van der Waals surface area contributed by atoms with Crippen LogP contribution in [0.3, 0.4) is 0 Å². The van der Waals surface area contributed by atoms with E-state index in [-0.39, 0.29) is 17.9 Å². The Kier molecular flexibility index (Phi) is 8.99. The second-order valence-corrected chi connectivity index (χ2v) is 10.7. The highest BCUT2D eigenvalue weighted by atomic mass is 35.5. The number of rotatable bonds is 7. The van der Waals surface area contributed by atoms with Crippen LogP contribution in [0, 0.1) is 11.8 Å². The summed E-state index contributed by atoms with van der Waals surface area (Å²) in [6, 6.07) is 1.71. The molecule has 35 heavy (non-hydrogen) atoms. The molecule has 1 aromatic heterocycles. The van der Waals surface area contributed by atoms with Gasteiger partial charge in [0.25, 0.3) is 0 Å². The number of carbonyl (C=O) groups excluding carboxylic acids is 2. The number of carboxylic acid groups (broad SMARTS) is 1. The lowest BCUT2D eigenvalue weighted by Gasteiger charge is -2.31. The summed E-state index contributed by atoms with van der Waals surface area (Å²) in [6.07, 6.45) is 7.90. The first-order valence-electron chi connectivity index (χ1n) is 12.1. The van der Waals surface area contributed by atoms with Crippen LogP contribution in [0.25, 0.3) is 6.08 Å². The molecule has 1 aliphatic heterocycles. The molecule has 0 aromatic carbocycles. The van der Waals surface area contributed by atoms with Crippen LogP contribution in [-0.2, 0) is 14.3 Å². The number of hydrogen-bond acceptors (Lipinski definition) is 6. The van der Waals surface area contributed by atoms with Crippen LogP contribution in [0.2, 0.25) is 5.02 Å². The minimum absolute atomic E-state index is 0.0218. The first kappa shape index (κ1) is 26.8. The molecule has 2 aliphatic rings. The van der Waals surface area contributed by atoms with Gasteiger partial charge in [0.2, 0.25) is 5.91 Å². The van der Waals surface area contributed by atoms with E-state index in [0.29, 0.717) is 42.0 Å². The molecule has 1 atom stereocenters. The number of ether oxygens (including phenoxy) is 1. The van der Waals surface area contributed by atoms with Gasteiger partial charge in [0.1, 0.15) is 11.4 Å². The van der Waals surface area contributed by atoms with E-state index in [2.05, 4.69) is 15.6 Å². The molecule has 0 bridgehead atoms. The fourth-order valence-corrected chi connectivity index (χ4v) is 4.73. The second kappa shape index (κ2) is 11.7. The van der Waals surface area contributed by atoms with E-state index in [9.17, 15) is 14.4 Å². The molecule has 2 heterocycles. The van der Waals surface area contributed by atoms with Gasteiger partial charge in [-0.3, -0.25) is 4.79 Å². The molecule has 0 radical (unpaired) electrons. The van der Waals surface area contributed by atoms with Gasteiger partial charge in [0, 0.05) is 43.9 Å². The van der Waals surface area contributed by atoms with Crippen molar-refractivity contribution in [3.8, 4) is 0 Å². The Balaban J connectivity index is 1.42. The van der Waals surface area contributed by atoms with Crippen LogP contribution in [-0.4, -0.2) is 64.2 Å². The SMILES string of the molecule is CC(C)(C)OC(=O)NC[C@H]1CC[C@H](C(=O)N2CC[C@@H](Nc3ncc(/C=C/C(=O)O)cc3Cl)C2)CC1. The number of alkyl carbamates (subject to hydrolysis) is 1. The Labute approximate surface area is 211 Å². The molecule has 1 aromatic rings. The number of likely N-dealkylation sites (tertiary alicyclic amines) is 1. The number of carbonyl (C=O) groups is 3. The van der Waals surface area contributed by atoms with Crippen molar-refractivity contribution in [2.45, 2.75) is 64.5 Å². The van der Waals surface area contributed by atoms with Crippen molar-refractivity contribution in [3.05, 3.63) is 28.9 Å². The van der Waals surface area contributed by atoms with Crippen molar-refractivity contribution in [1.82, 2.24) is 15.2 Å². The van der Waals surface area contributed by atoms with E-state index in [0.717, 1.165) is 38.2 Å². The van der Waals surface area contributed by atoms with E-state index in [1.165, 1.54) is 6.08 Å². The molecular weight excluding hydrogens is 472 g/mol. The maximum atomic E-state index is 13.1. The Morgan fingerprint density at radius 3 is 2.57 bits per heavy atom. The predicted molar refractivity (Wildman–Crippen MR) is 134 cm³/mol. The van der Waals surface area contributed by atoms with E-state index in [1.807, 2.05) is 25.7 Å². The number of nitrogens with zero attached hydrogens (tertiary/aromatic N) is 2. The summed E-state index contributed by atoms with van der Waals surface area (Å²) in [6.45, 7) is 7.37. The van der Waals surface area contributed by atoms with Crippen LogP contribution in [0.4, 0.5) is 10.6 Å². The quantitative estimate of drug-likeness (QED) is 0.474. The molecule has 0 spiro atoms. The molecule has 10 heteroatoms. The monoisotopic (exact) mass is 506 g/mol. The van der Waals surface area contributed by atoms with Gasteiger partial charge in [-0.15, -0.1) is 0 Å². The van der Waals surface area contributed by atoms with Crippen LogP contribution < -0.4 is 10.6 Å². The average Bonchev–Trinajstić information content (AvgIpc) is 3.25. The molecule has 3 rings (SSSR count). The molecule has 2 fully saturated rings. The summed E-state index contributed by atoms with van der Waals surface area (Å²) >= 11 is 6.31. The van der Waals surface area contributed by atoms with Gasteiger partial charge < -0.3 is 25.4 Å². The molecule has 3 N–H and O–H groups in total. The third-order valence-electron chi connectivity index (χ3n) is 6.25. The minimum Gasteiger partial charge on any atom is -0.478 e. The molecule has 192 valence electrons. The van der Waals surface area contributed by atoms with Crippen molar-refractivity contribution >= 4 is 41.5 Å². The number of carboxylic acids is 1. The predicted octanol–water partition coefficient (Wildman–Crippen LogP) is 4.18. The number of aromatic nitrogens is 1. The van der Waals surface area contributed by atoms with Crippen molar-refractivity contribution in [3.63, 3.8) is 0 Å². The smallest absolute Gasteiger partial charge is 0.407 e. The van der Waals surface area contributed by atoms with Crippen molar-refractivity contribution in [2.24, 2.45) is 11.8 Å². The van der Waals surface area contributed by atoms with Gasteiger partial charge in [0.05, 0.1) is 5.02 Å². The number of pyridine rings is 1. The highest BCUT2D eigenvalue weighted by molar-refractivity contribution is 6.33. The zero-order valence-electron chi connectivity index (χ0n) is 20.6. The lowest BCUT2D eigenvalue weighted by atomic mass is 9.81. The number of nitrogens with one attached hydrogen (secondary N) is 2. The lowest BCUT2D eigenvalue weighted by Crippen LogP contribution is -2.39. The first-order chi connectivity index (χ1) is 16.5. The normalized spacial score (nSPS) is 22.7. The number of hydrogen-bond donors (Lipinski definition) is 3. The van der Waals surface area contributed by atoms with E-state index >= 15 is 0 Å². The molecular formula is C25H35ClN4O5. The fraction of sp³-hybridized carbons (Fsp3) is 0.600. The zero-order chi connectivity index (χ0) is 25.6. The lowest BCUT2D eigenvalue weighted by molar-refractivity contribution is -0.135. The number of aliphatic carboxylic acids is 1. The average molecular weight is 507 g/mol. The van der Waals surface area contributed by atoms with Gasteiger partial charge in [-0.1, -0.05) is 11.6 Å². The van der Waals surface area contributed by atoms with Crippen LogP contribution in [0.5, 0.6) is 0 Å². The summed E-state index contributed by atoms with van der Waals surface area (Å²) in [4.78, 5) is 41.8. The Morgan fingerprint density at radius 1 is 1.23 bits per heavy atom. The molecule has 2 amide bonds. The van der Waals surface area contributed by atoms with Gasteiger partial charge in [0.15, 0.2) is 0 Å². The van der Waals surface area contributed by atoms with Crippen LogP contribution >= 0.6 is 11.6 Å². The molecule has 1 saturated carbocycles. The Hall–Kier alpha value is -2.81. The summed E-state index contributed by atoms with van der Waals surface area (Å²) in [5, 5.41) is 15.3. The summed E-state index contributed by atoms with van der Waals surface area (Å²) in [5.74, 6) is 0.0668. The Bertz CT molecular complexity index is 954. The number of amides is 2. The van der Waals surface area contributed by atoms with E-state index in [4.69, 9.17) is 21.4 Å². The van der Waals surface area contributed by atoms with Gasteiger partial charge in [-0.05, 0) is 76.5 Å². The molecule has 0 unspecified atom stereocenters. The van der Waals surface area contributed by atoms with Gasteiger partial charge in [-0.2, -0.15) is 0 Å². The minimum atomic E-state index is -1.04. The van der Waals surface area contributed by atoms with Crippen LogP contribution in [0.1, 0.15) is 58.4 Å². The number of anilines is 1. The first-order valence-corrected chi connectivity index (χ1v) is 12.5. The third kappa shape index (κ3) is 8.42. The summed E-state index contributed by atoms with van der Waals surface area (Å²) < 4.78 is 5.29. The standard InChI is InChI=1S/C25H35ClN4O5/c1-25(2,3)35-24(34)28-13-16-4-7-18(8-5-16)23(33)30-11-10-19(15-30)29-22-20(26)12-17(14-27-22)6-9-21(31)32/h6,9,12,14,16,18-19H,4-5,7-8,10-11,13,15H2,1-3H3,(H,27,29)(H,28,34)(H,31,32)/b9-6+/t16-,18-,19-/m1/s1. The molecule has 9 nitrogen and oxygen atoms in total. The maximum absolute atomic E-state index is 13.1. The summed E-state index contributed by atoms with van der Waals surface area (Å²) in [5.41, 5.74) is 0.0869. The highest BCUT2D eigenvalue weighted by Gasteiger charge is 2.33. The molecule has 1 aliphatic carbocycles. The van der Waals surface area contributed by atoms with Gasteiger partial charge >= 0.3 is 12.1 Å². The topological polar surface area (TPSA) is 121 Å². The third-order valence-corrected chi connectivity index (χ3v) is 6.54. The van der Waals surface area contributed by atoms with E-state index < -0.39 is 17.7 Å². The fourth-order valence-electron chi connectivity index (χ4n) is 4.50. The maximum Gasteiger partial charge on any atom is 0.407 e. The summed E-state index contributed by atoms with van der Waals surface area (Å²) in [7, 11) is 0. The van der Waals surface area contributed by atoms with Crippen molar-refractivity contribution in [2.75, 3.05) is 25.0 Å². The molecule has 1 saturated heterocycles. The van der Waals surface area contributed by atoms with Gasteiger partial charge in [-0.25, -0.2) is 14.6 Å². The highest BCUT2D eigenvalue weighted by Crippen LogP contribution is 2.31. The van der Waals surface area contributed by atoms with E-state index in [1.54, 1.807) is 12.3 Å². The van der Waals surface area contributed by atoms with Crippen molar-refractivity contribution in [1.29, 1.82) is 0 Å².